The number of hydrogen-bond acceptors (Lipinski definition) is 7. The molecule has 12 heteroatoms. The zero-order valence-corrected chi connectivity index (χ0v) is 22.2. The van der Waals surface area contributed by atoms with Gasteiger partial charge >= 0.3 is 0 Å². The molecule has 0 spiro atoms. The highest BCUT2D eigenvalue weighted by molar-refractivity contribution is 9.12. The van der Waals surface area contributed by atoms with E-state index in [-0.39, 0.29) is 26.5 Å². The van der Waals surface area contributed by atoms with Gasteiger partial charge in [-0.05, 0) is 49.2 Å². The highest BCUT2D eigenvalue weighted by Gasteiger charge is 2.54. The maximum Gasteiger partial charge on any atom is 0.273 e. The number of carbonyl (C=O) groups excluding carboxylic acids is 4. The highest BCUT2D eigenvalue weighted by atomic mass is 79.9. The van der Waals surface area contributed by atoms with E-state index in [1.165, 1.54) is 31.4 Å². The van der Waals surface area contributed by atoms with Crippen LogP contribution in [-0.2, 0) is 9.59 Å². The second kappa shape index (κ2) is 10.5. The summed E-state index contributed by atoms with van der Waals surface area (Å²) in [6, 6.07) is 11.0. The first kappa shape index (κ1) is 26.0. The van der Waals surface area contributed by atoms with Gasteiger partial charge in [-0.15, -0.1) is 0 Å². The van der Waals surface area contributed by atoms with Gasteiger partial charge in [0.05, 0.1) is 23.9 Å². The fourth-order valence-corrected chi connectivity index (χ4v) is 5.66. The largest absolute Gasteiger partial charge is 0.497 e. The van der Waals surface area contributed by atoms with Crippen molar-refractivity contribution in [3.05, 3.63) is 69.8 Å². The molecule has 188 valence electrons. The van der Waals surface area contributed by atoms with Crippen LogP contribution in [0.5, 0.6) is 5.75 Å². The Morgan fingerprint density at radius 3 is 1.94 bits per heavy atom. The molecule has 4 rings (SSSR count). The number of amides is 3. The van der Waals surface area contributed by atoms with Gasteiger partial charge < -0.3 is 4.74 Å². The van der Waals surface area contributed by atoms with Crippen molar-refractivity contribution in [1.29, 1.82) is 0 Å². The van der Waals surface area contributed by atoms with Gasteiger partial charge in [-0.1, -0.05) is 31.9 Å². The van der Waals surface area contributed by atoms with Gasteiger partial charge in [0.15, 0.2) is 5.78 Å². The first-order valence-corrected chi connectivity index (χ1v) is 12.8. The summed E-state index contributed by atoms with van der Waals surface area (Å²) in [6.07, 6.45) is 0.793. The molecule has 0 unspecified atom stereocenters. The fraction of sp³-hybridized carbons (Fsp3) is 0.333. The summed E-state index contributed by atoms with van der Waals surface area (Å²) in [6.45, 7) is -0.575. The second-order valence-corrected chi connectivity index (χ2v) is 10.9. The van der Waals surface area contributed by atoms with Crippen molar-refractivity contribution in [2.45, 2.75) is 22.5 Å². The summed E-state index contributed by atoms with van der Waals surface area (Å²) in [5.41, 5.74) is 0.0312. The van der Waals surface area contributed by atoms with Crippen molar-refractivity contribution in [1.82, 2.24) is 10.0 Å². The van der Waals surface area contributed by atoms with Crippen LogP contribution in [0.3, 0.4) is 0 Å². The summed E-state index contributed by atoms with van der Waals surface area (Å²) >= 11 is 7.06. The van der Waals surface area contributed by atoms with E-state index in [0.717, 1.165) is 22.2 Å². The Morgan fingerprint density at radius 2 is 1.47 bits per heavy atom. The Morgan fingerprint density at radius 1 is 0.972 bits per heavy atom. The van der Waals surface area contributed by atoms with Crippen LogP contribution < -0.4 is 4.74 Å². The number of fused-ring (bicyclic) bond motifs is 1. The number of hydrogen-bond donors (Lipinski definition) is 0. The number of non-ortho nitro benzene ring substituents is 1. The van der Waals surface area contributed by atoms with Crippen LogP contribution in [0.2, 0.25) is 0 Å². The number of imide groups is 1. The predicted octanol–water partition coefficient (Wildman–Crippen LogP) is 3.77. The number of rotatable bonds is 7. The van der Waals surface area contributed by atoms with E-state index in [0.29, 0.717) is 18.6 Å². The smallest absolute Gasteiger partial charge is 0.273 e. The van der Waals surface area contributed by atoms with Gasteiger partial charge in [-0.2, -0.15) is 5.01 Å². The van der Waals surface area contributed by atoms with E-state index in [9.17, 15) is 29.3 Å². The first-order valence-electron chi connectivity index (χ1n) is 11.0. The third kappa shape index (κ3) is 4.92. The Balaban J connectivity index is 1.68. The summed E-state index contributed by atoms with van der Waals surface area (Å²) in [5.74, 6) is -3.11. The van der Waals surface area contributed by atoms with Crippen molar-refractivity contribution < 1.29 is 28.8 Å². The molecule has 1 aliphatic heterocycles. The number of Topliss-reactive ketones (excluding diaryl/α,β-unsaturated/α-hetero) is 1. The number of ether oxygens (including phenoxy) is 1. The standard InChI is InChI=1S/C24H21Br2N3O7/c1-36-16-8-4-13(5-9-16)21(30)12-27(22(31)14-2-6-15(7-3-14)29(34)35)28-23(32)17-10-19(25)20(26)11-18(17)24(28)33/h2-9,17-20H,10-12H2,1H3/t17-,18-,19-,20+/m1/s1. The van der Waals surface area contributed by atoms with E-state index >= 15 is 0 Å². The number of benzene rings is 2. The molecule has 0 aromatic heterocycles. The van der Waals surface area contributed by atoms with Crippen LogP contribution >= 0.6 is 31.9 Å². The number of nitro groups is 1. The molecule has 3 amide bonds. The van der Waals surface area contributed by atoms with Crippen LogP contribution in [0.1, 0.15) is 33.6 Å². The summed E-state index contributed by atoms with van der Waals surface area (Å²) in [7, 11) is 1.49. The molecule has 1 saturated carbocycles. The van der Waals surface area contributed by atoms with Gasteiger partial charge in [0.25, 0.3) is 23.4 Å². The SMILES string of the molecule is COc1ccc(C(=O)CN(C(=O)c2ccc([N+](=O)[O-])cc2)N2C(=O)[C@@H]3C[C@@H](Br)[C@@H](Br)C[C@H]3C2=O)cc1. The number of halogens is 2. The van der Waals surface area contributed by atoms with Crippen molar-refractivity contribution in [3.8, 4) is 5.75 Å². The molecule has 10 nitrogen and oxygen atoms in total. The third-order valence-electron chi connectivity index (χ3n) is 6.39. The van der Waals surface area contributed by atoms with Crippen molar-refractivity contribution in [3.63, 3.8) is 0 Å². The summed E-state index contributed by atoms with van der Waals surface area (Å²) in [5, 5.41) is 12.6. The van der Waals surface area contributed by atoms with Gasteiger partial charge in [0, 0.05) is 32.9 Å². The Bertz CT molecular complexity index is 1190. The molecule has 0 N–H and O–H groups in total. The quantitative estimate of drug-likeness (QED) is 0.151. The molecule has 1 heterocycles. The molecule has 1 saturated heterocycles. The highest BCUT2D eigenvalue weighted by Crippen LogP contribution is 2.43. The van der Waals surface area contributed by atoms with Crippen LogP contribution in [0.4, 0.5) is 5.69 Å². The average molecular weight is 623 g/mol. The third-order valence-corrected chi connectivity index (χ3v) is 9.13. The average Bonchev–Trinajstić information content (AvgIpc) is 3.11. The van der Waals surface area contributed by atoms with E-state index in [2.05, 4.69) is 31.9 Å². The maximum absolute atomic E-state index is 13.5. The lowest BCUT2D eigenvalue weighted by Crippen LogP contribution is -2.52. The molecule has 0 radical (unpaired) electrons. The van der Waals surface area contributed by atoms with Crippen LogP contribution in [0.25, 0.3) is 0 Å². The lowest BCUT2D eigenvalue weighted by molar-refractivity contribution is -0.384. The Kier molecular flexibility index (Phi) is 7.55. The van der Waals surface area contributed by atoms with Crippen LogP contribution in [0, 0.1) is 22.0 Å². The molecule has 1 aliphatic carbocycles. The fourth-order valence-electron chi connectivity index (χ4n) is 4.43. The van der Waals surface area contributed by atoms with Crippen LogP contribution in [0.15, 0.2) is 48.5 Å². The summed E-state index contributed by atoms with van der Waals surface area (Å²) in [4.78, 5) is 63.8. The normalized spacial score (nSPS) is 23.2. The van der Waals surface area contributed by atoms with Crippen molar-refractivity contribution in [2.24, 2.45) is 11.8 Å². The molecule has 2 aromatic rings. The number of methoxy groups -OCH3 is 1. The molecule has 4 atom stereocenters. The molecule has 0 bridgehead atoms. The monoisotopic (exact) mass is 621 g/mol. The lowest BCUT2D eigenvalue weighted by Gasteiger charge is -2.30. The van der Waals surface area contributed by atoms with Gasteiger partial charge in [-0.3, -0.25) is 29.3 Å². The first-order chi connectivity index (χ1) is 17.1. The molecule has 36 heavy (non-hydrogen) atoms. The van der Waals surface area contributed by atoms with Crippen LogP contribution in [-0.4, -0.2) is 61.8 Å². The molecule has 2 aromatic carbocycles. The van der Waals surface area contributed by atoms with Crippen molar-refractivity contribution >= 4 is 61.1 Å². The minimum Gasteiger partial charge on any atom is -0.497 e. The number of nitrogens with zero attached hydrogens (tertiary/aromatic N) is 3. The number of alkyl halides is 2. The zero-order chi connectivity index (χ0) is 26.1. The topological polar surface area (TPSA) is 127 Å². The number of nitro benzene ring substituents is 1. The van der Waals surface area contributed by atoms with Crippen molar-refractivity contribution in [2.75, 3.05) is 13.7 Å². The van der Waals surface area contributed by atoms with E-state index in [4.69, 9.17) is 4.74 Å². The maximum atomic E-state index is 13.5. The molecular formula is C24H21Br2N3O7. The Hall–Kier alpha value is -3.12. The minimum atomic E-state index is -0.794. The zero-order valence-electron chi connectivity index (χ0n) is 19.0. The second-order valence-electron chi connectivity index (χ2n) is 8.52. The van der Waals surface area contributed by atoms with E-state index in [1.807, 2.05) is 0 Å². The number of carbonyl (C=O) groups is 4. The number of hydrazine groups is 1. The molecule has 2 aliphatic rings. The minimum absolute atomic E-state index is 0.00432. The molecular weight excluding hydrogens is 602 g/mol. The number of ketones is 1. The van der Waals surface area contributed by atoms with Gasteiger partial charge in [-0.25, -0.2) is 5.01 Å². The lowest BCUT2D eigenvalue weighted by atomic mass is 9.81. The van der Waals surface area contributed by atoms with Gasteiger partial charge in [0.2, 0.25) is 0 Å². The molecule has 2 fully saturated rings. The van der Waals surface area contributed by atoms with E-state index < -0.39 is 46.8 Å². The summed E-state index contributed by atoms with van der Waals surface area (Å²) < 4.78 is 5.10. The van der Waals surface area contributed by atoms with Gasteiger partial charge in [0.1, 0.15) is 12.3 Å². The predicted molar refractivity (Wildman–Crippen MR) is 135 cm³/mol. The Labute approximate surface area is 222 Å². The van der Waals surface area contributed by atoms with E-state index in [1.54, 1.807) is 12.1 Å².